The number of unbranched alkanes of at least 4 members (excludes halogenated alkanes) is 5. The quantitative estimate of drug-likeness (QED) is 0.620. The molecule has 0 amide bonds. The normalized spacial score (nSPS) is 12.8. The number of rotatable bonds is 11. The summed E-state index contributed by atoms with van der Waals surface area (Å²) in [5, 5.41) is 8.07. The van der Waals surface area contributed by atoms with E-state index >= 15 is 0 Å². The zero-order valence-electron chi connectivity index (χ0n) is 13.9. The lowest BCUT2D eigenvalue weighted by atomic mass is 10.0. The number of hydrogen-bond acceptors (Lipinski definition) is 2. The van der Waals surface area contributed by atoms with E-state index in [1.165, 1.54) is 50.6 Å². The summed E-state index contributed by atoms with van der Waals surface area (Å²) in [5.41, 5.74) is 2.47. The van der Waals surface area contributed by atoms with Crippen LogP contribution in [0.3, 0.4) is 0 Å². The van der Waals surface area contributed by atoms with Gasteiger partial charge in [0, 0.05) is 25.2 Å². The third kappa shape index (κ3) is 6.56. The zero-order chi connectivity index (χ0) is 14.8. The van der Waals surface area contributed by atoms with Crippen LogP contribution in [-0.2, 0) is 13.5 Å². The highest BCUT2D eigenvalue weighted by Gasteiger charge is 2.11. The van der Waals surface area contributed by atoms with Gasteiger partial charge in [-0.05, 0) is 26.0 Å². The van der Waals surface area contributed by atoms with Crippen molar-refractivity contribution in [1.82, 2.24) is 15.1 Å². The first kappa shape index (κ1) is 17.2. The number of nitrogens with zero attached hydrogens (tertiary/aromatic N) is 2. The van der Waals surface area contributed by atoms with E-state index in [1.807, 2.05) is 4.68 Å². The second-order valence-corrected chi connectivity index (χ2v) is 5.92. The van der Waals surface area contributed by atoms with Crippen LogP contribution in [-0.4, -0.2) is 22.4 Å². The van der Waals surface area contributed by atoms with Crippen molar-refractivity contribution in [3.8, 4) is 0 Å². The summed E-state index contributed by atoms with van der Waals surface area (Å²) < 4.78 is 2.03. The molecule has 1 atom stereocenters. The summed E-state index contributed by atoms with van der Waals surface area (Å²) in [6.45, 7) is 7.59. The number of aryl methyl sites for hydroxylation is 2. The molecule has 0 bridgehead atoms. The van der Waals surface area contributed by atoms with Crippen LogP contribution < -0.4 is 5.32 Å². The van der Waals surface area contributed by atoms with Gasteiger partial charge in [0.05, 0.1) is 5.69 Å². The Morgan fingerprint density at radius 1 is 1.15 bits per heavy atom. The highest BCUT2D eigenvalue weighted by Crippen LogP contribution is 2.12. The maximum atomic E-state index is 4.44. The van der Waals surface area contributed by atoms with E-state index < -0.39 is 0 Å². The Morgan fingerprint density at radius 2 is 1.85 bits per heavy atom. The lowest BCUT2D eigenvalue weighted by Crippen LogP contribution is -2.31. The van der Waals surface area contributed by atoms with Gasteiger partial charge in [0.1, 0.15) is 0 Å². The topological polar surface area (TPSA) is 29.9 Å². The van der Waals surface area contributed by atoms with E-state index in [2.05, 4.69) is 44.3 Å². The molecule has 1 heterocycles. The molecule has 0 aromatic carbocycles. The fraction of sp³-hybridized carbons (Fsp3) is 0.824. The van der Waals surface area contributed by atoms with E-state index in [0.717, 1.165) is 18.7 Å². The van der Waals surface area contributed by atoms with E-state index in [4.69, 9.17) is 0 Å². The molecular formula is C17H33N3. The lowest BCUT2D eigenvalue weighted by molar-refractivity contribution is 0.450. The highest BCUT2D eigenvalue weighted by atomic mass is 15.3. The maximum Gasteiger partial charge on any atom is 0.0596 e. The van der Waals surface area contributed by atoms with Crippen molar-refractivity contribution in [2.24, 2.45) is 7.05 Å². The Morgan fingerprint density at radius 3 is 2.45 bits per heavy atom. The Bertz CT molecular complexity index is 357. The minimum absolute atomic E-state index is 0.598. The van der Waals surface area contributed by atoms with Crippen LogP contribution >= 0.6 is 0 Å². The molecule has 1 unspecified atom stereocenters. The van der Waals surface area contributed by atoms with Gasteiger partial charge >= 0.3 is 0 Å². The fourth-order valence-electron chi connectivity index (χ4n) is 2.84. The summed E-state index contributed by atoms with van der Waals surface area (Å²) in [5.74, 6) is 0. The van der Waals surface area contributed by atoms with Crippen LogP contribution in [0.5, 0.6) is 0 Å². The molecule has 0 aliphatic carbocycles. The van der Waals surface area contributed by atoms with Gasteiger partial charge in [-0.25, -0.2) is 0 Å². The minimum Gasteiger partial charge on any atom is -0.314 e. The summed E-state index contributed by atoms with van der Waals surface area (Å²) in [6, 6.07) is 2.81. The SMILES string of the molecule is CCCCCCCCC(Cc1cc(C)nn1C)NCC. The first-order chi connectivity index (χ1) is 9.67. The van der Waals surface area contributed by atoms with Crippen LogP contribution in [0, 0.1) is 6.92 Å². The van der Waals surface area contributed by atoms with Crippen LogP contribution in [0.2, 0.25) is 0 Å². The Hall–Kier alpha value is -0.830. The molecule has 0 saturated carbocycles. The predicted molar refractivity (Wildman–Crippen MR) is 87.1 cm³/mol. The lowest BCUT2D eigenvalue weighted by Gasteiger charge is -2.17. The Kier molecular flexibility index (Phi) is 8.59. The van der Waals surface area contributed by atoms with Gasteiger partial charge in [-0.15, -0.1) is 0 Å². The molecule has 0 spiro atoms. The van der Waals surface area contributed by atoms with Gasteiger partial charge in [-0.2, -0.15) is 5.10 Å². The first-order valence-electron chi connectivity index (χ1n) is 8.40. The predicted octanol–water partition coefficient (Wildman–Crippen LogP) is 4.00. The molecule has 116 valence electrons. The summed E-state index contributed by atoms with van der Waals surface area (Å²) in [6.07, 6.45) is 10.6. The van der Waals surface area contributed by atoms with Gasteiger partial charge in [-0.1, -0.05) is 52.4 Å². The number of hydrogen-bond donors (Lipinski definition) is 1. The Balaban J connectivity index is 2.31. The minimum atomic E-state index is 0.598. The molecule has 1 rings (SSSR count). The summed E-state index contributed by atoms with van der Waals surface area (Å²) in [7, 11) is 2.05. The molecule has 1 aromatic heterocycles. The van der Waals surface area contributed by atoms with Crippen molar-refractivity contribution in [2.45, 2.75) is 78.2 Å². The molecule has 0 aliphatic rings. The molecule has 1 aromatic rings. The molecule has 20 heavy (non-hydrogen) atoms. The Labute approximate surface area is 125 Å². The number of likely N-dealkylation sites (N-methyl/N-ethyl adjacent to an activating group) is 1. The van der Waals surface area contributed by atoms with Crippen molar-refractivity contribution in [2.75, 3.05) is 6.54 Å². The van der Waals surface area contributed by atoms with Crippen molar-refractivity contribution >= 4 is 0 Å². The molecule has 3 heteroatoms. The summed E-state index contributed by atoms with van der Waals surface area (Å²) in [4.78, 5) is 0. The van der Waals surface area contributed by atoms with Crippen molar-refractivity contribution < 1.29 is 0 Å². The van der Waals surface area contributed by atoms with E-state index in [1.54, 1.807) is 0 Å². The van der Waals surface area contributed by atoms with E-state index in [9.17, 15) is 0 Å². The number of nitrogens with one attached hydrogen (secondary N) is 1. The van der Waals surface area contributed by atoms with E-state index in [-0.39, 0.29) is 0 Å². The van der Waals surface area contributed by atoms with Crippen molar-refractivity contribution in [1.29, 1.82) is 0 Å². The average Bonchev–Trinajstić information content (AvgIpc) is 2.72. The zero-order valence-corrected chi connectivity index (χ0v) is 13.9. The van der Waals surface area contributed by atoms with Crippen LogP contribution in [0.25, 0.3) is 0 Å². The first-order valence-corrected chi connectivity index (χ1v) is 8.40. The van der Waals surface area contributed by atoms with Crippen LogP contribution in [0.1, 0.15) is 70.2 Å². The van der Waals surface area contributed by atoms with Gasteiger partial charge in [0.2, 0.25) is 0 Å². The highest BCUT2D eigenvalue weighted by molar-refractivity contribution is 5.10. The molecule has 1 N–H and O–H groups in total. The molecule has 0 fully saturated rings. The molecule has 0 saturated heterocycles. The van der Waals surface area contributed by atoms with Gasteiger partial charge < -0.3 is 5.32 Å². The largest absolute Gasteiger partial charge is 0.314 e. The standard InChI is InChI=1S/C17H33N3/c1-5-7-8-9-10-11-12-16(18-6-2)14-17-13-15(3)19-20(17)4/h13,16,18H,5-12,14H2,1-4H3. The third-order valence-corrected chi connectivity index (χ3v) is 3.95. The monoisotopic (exact) mass is 279 g/mol. The summed E-state index contributed by atoms with van der Waals surface area (Å²) >= 11 is 0. The fourth-order valence-corrected chi connectivity index (χ4v) is 2.84. The second-order valence-electron chi connectivity index (χ2n) is 5.92. The van der Waals surface area contributed by atoms with Gasteiger partial charge in [0.15, 0.2) is 0 Å². The molecular weight excluding hydrogens is 246 g/mol. The molecule has 3 nitrogen and oxygen atoms in total. The third-order valence-electron chi connectivity index (χ3n) is 3.95. The maximum absolute atomic E-state index is 4.44. The van der Waals surface area contributed by atoms with Crippen LogP contribution in [0.4, 0.5) is 0 Å². The number of aromatic nitrogens is 2. The smallest absolute Gasteiger partial charge is 0.0596 e. The average molecular weight is 279 g/mol. The molecule has 0 aliphatic heterocycles. The van der Waals surface area contributed by atoms with Crippen molar-refractivity contribution in [3.63, 3.8) is 0 Å². The second kappa shape index (κ2) is 9.98. The van der Waals surface area contributed by atoms with E-state index in [0.29, 0.717) is 6.04 Å². The van der Waals surface area contributed by atoms with Crippen LogP contribution in [0.15, 0.2) is 6.07 Å². The van der Waals surface area contributed by atoms with Gasteiger partial charge in [-0.3, -0.25) is 4.68 Å². The van der Waals surface area contributed by atoms with Crippen molar-refractivity contribution in [3.05, 3.63) is 17.5 Å². The molecule has 0 radical (unpaired) electrons. The van der Waals surface area contributed by atoms with Gasteiger partial charge in [0.25, 0.3) is 0 Å².